The molecular weight excluding hydrogens is 393 g/mol. The Bertz CT molecular complexity index is 929. The molecular formula is C21H24FN3O5. The minimum atomic E-state index is -0.520. The Morgan fingerprint density at radius 3 is 2.83 bits per heavy atom. The van der Waals surface area contributed by atoms with Crippen molar-refractivity contribution in [3.8, 4) is 11.3 Å². The SMILES string of the molecule is CCOC(=O)C1CCCN(C(=O)CN(C)C(=O)c2cc(-c3ccccc3F)on2)C1. The van der Waals surface area contributed by atoms with Crippen LogP contribution in [0.3, 0.4) is 0 Å². The Balaban J connectivity index is 1.61. The lowest BCUT2D eigenvalue weighted by Gasteiger charge is -2.32. The van der Waals surface area contributed by atoms with E-state index in [4.69, 9.17) is 9.26 Å². The number of hydrogen-bond acceptors (Lipinski definition) is 6. The lowest BCUT2D eigenvalue weighted by molar-refractivity contribution is -0.151. The second kappa shape index (κ2) is 9.51. The summed E-state index contributed by atoms with van der Waals surface area (Å²) in [5, 5.41) is 3.71. The van der Waals surface area contributed by atoms with Gasteiger partial charge in [-0.2, -0.15) is 0 Å². The molecule has 0 aliphatic carbocycles. The van der Waals surface area contributed by atoms with Crippen molar-refractivity contribution in [3.05, 3.63) is 41.8 Å². The van der Waals surface area contributed by atoms with Gasteiger partial charge in [-0.1, -0.05) is 17.3 Å². The zero-order valence-electron chi connectivity index (χ0n) is 17.0. The van der Waals surface area contributed by atoms with Crippen molar-refractivity contribution in [3.63, 3.8) is 0 Å². The molecule has 2 amide bonds. The van der Waals surface area contributed by atoms with E-state index in [0.717, 1.165) is 0 Å². The minimum absolute atomic E-state index is 0.0217. The first-order chi connectivity index (χ1) is 14.4. The van der Waals surface area contributed by atoms with Gasteiger partial charge in [0.05, 0.1) is 24.6 Å². The maximum absolute atomic E-state index is 13.9. The molecule has 1 atom stereocenters. The molecule has 1 aliphatic rings. The summed E-state index contributed by atoms with van der Waals surface area (Å²) in [5.41, 5.74) is 0.174. The number of likely N-dealkylation sites (N-methyl/N-ethyl adjacent to an activating group) is 1. The molecule has 0 saturated carbocycles. The number of aromatic nitrogens is 1. The molecule has 0 radical (unpaired) electrons. The van der Waals surface area contributed by atoms with Gasteiger partial charge in [0.25, 0.3) is 5.91 Å². The van der Waals surface area contributed by atoms with Gasteiger partial charge < -0.3 is 19.1 Å². The summed E-state index contributed by atoms with van der Waals surface area (Å²) >= 11 is 0. The molecule has 1 unspecified atom stereocenters. The number of esters is 1. The quantitative estimate of drug-likeness (QED) is 0.670. The summed E-state index contributed by atoms with van der Waals surface area (Å²) in [5.74, 6) is -1.79. The lowest BCUT2D eigenvalue weighted by atomic mass is 9.98. The zero-order chi connectivity index (χ0) is 21.7. The van der Waals surface area contributed by atoms with Crippen LogP contribution in [-0.4, -0.2) is 66.0 Å². The molecule has 9 heteroatoms. The number of halogens is 1. The van der Waals surface area contributed by atoms with Crippen molar-refractivity contribution in [2.45, 2.75) is 19.8 Å². The van der Waals surface area contributed by atoms with Crippen LogP contribution in [0.25, 0.3) is 11.3 Å². The summed E-state index contributed by atoms with van der Waals surface area (Å²) < 4.78 is 24.0. The van der Waals surface area contributed by atoms with Crippen LogP contribution in [0.4, 0.5) is 4.39 Å². The molecule has 0 bridgehead atoms. The first-order valence-electron chi connectivity index (χ1n) is 9.82. The number of amides is 2. The second-order valence-corrected chi connectivity index (χ2v) is 7.15. The third-order valence-corrected chi connectivity index (χ3v) is 4.98. The van der Waals surface area contributed by atoms with Gasteiger partial charge in [0, 0.05) is 26.2 Å². The van der Waals surface area contributed by atoms with Crippen molar-refractivity contribution >= 4 is 17.8 Å². The van der Waals surface area contributed by atoms with Crippen molar-refractivity contribution in [2.75, 3.05) is 33.3 Å². The number of rotatable bonds is 6. The predicted octanol–water partition coefficient (Wildman–Crippen LogP) is 2.35. The van der Waals surface area contributed by atoms with Crippen molar-refractivity contribution in [1.29, 1.82) is 0 Å². The highest BCUT2D eigenvalue weighted by molar-refractivity contribution is 5.95. The maximum atomic E-state index is 13.9. The molecule has 1 aromatic carbocycles. The average molecular weight is 417 g/mol. The molecule has 2 heterocycles. The van der Waals surface area contributed by atoms with Gasteiger partial charge in [-0.25, -0.2) is 4.39 Å². The van der Waals surface area contributed by atoms with Crippen molar-refractivity contribution in [1.82, 2.24) is 15.0 Å². The summed E-state index contributed by atoms with van der Waals surface area (Å²) in [7, 11) is 1.48. The molecule has 160 valence electrons. The molecule has 1 saturated heterocycles. The van der Waals surface area contributed by atoms with E-state index in [2.05, 4.69) is 5.16 Å². The standard InChI is InChI=1S/C21H24FN3O5/c1-3-29-21(28)14-7-6-10-25(12-14)19(26)13-24(2)20(27)17-11-18(30-23-17)15-8-4-5-9-16(15)22/h4-5,8-9,11,14H,3,6-7,10,12-13H2,1-2H3. The summed E-state index contributed by atoms with van der Waals surface area (Å²) in [6.45, 7) is 2.67. The highest BCUT2D eigenvalue weighted by Crippen LogP contribution is 2.24. The number of carbonyl (C=O) groups excluding carboxylic acids is 3. The Morgan fingerprint density at radius 1 is 1.33 bits per heavy atom. The Hall–Kier alpha value is -3.23. The van der Waals surface area contributed by atoms with Crippen LogP contribution in [0.15, 0.2) is 34.9 Å². The van der Waals surface area contributed by atoms with Gasteiger partial charge in [-0.05, 0) is 31.9 Å². The van der Waals surface area contributed by atoms with E-state index in [1.807, 2.05) is 0 Å². The van der Waals surface area contributed by atoms with Crippen LogP contribution in [0, 0.1) is 11.7 Å². The van der Waals surface area contributed by atoms with E-state index in [0.29, 0.717) is 26.0 Å². The maximum Gasteiger partial charge on any atom is 0.310 e. The molecule has 0 N–H and O–H groups in total. The molecule has 1 aliphatic heterocycles. The number of likely N-dealkylation sites (tertiary alicyclic amines) is 1. The van der Waals surface area contributed by atoms with Gasteiger partial charge in [-0.15, -0.1) is 0 Å². The normalized spacial score (nSPS) is 16.2. The average Bonchev–Trinajstić information content (AvgIpc) is 3.23. The number of nitrogens with zero attached hydrogens (tertiary/aromatic N) is 3. The number of piperidine rings is 1. The molecule has 1 fully saturated rings. The lowest BCUT2D eigenvalue weighted by Crippen LogP contribution is -2.47. The molecule has 1 aromatic heterocycles. The largest absolute Gasteiger partial charge is 0.466 e. The van der Waals surface area contributed by atoms with Gasteiger partial charge in [0.1, 0.15) is 5.82 Å². The van der Waals surface area contributed by atoms with Crippen LogP contribution < -0.4 is 0 Å². The zero-order valence-corrected chi connectivity index (χ0v) is 17.0. The summed E-state index contributed by atoms with van der Waals surface area (Å²) in [6, 6.07) is 7.35. The summed E-state index contributed by atoms with van der Waals surface area (Å²) in [6.07, 6.45) is 1.37. The van der Waals surface area contributed by atoms with Crippen molar-refractivity contribution < 1.29 is 28.0 Å². The Labute approximate surface area is 173 Å². The van der Waals surface area contributed by atoms with Gasteiger partial charge in [-0.3, -0.25) is 14.4 Å². The van der Waals surface area contributed by atoms with Gasteiger partial charge in [0.15, 0.2) is 11.5 Å². The number of ether oxygens (including phenoxy) is 1. The van der Waals surface area contributed by atoms with Crippen LogP contribution in [0.5, 0.6) is 0 Å². The highest BCUT2D eigenvalue weighted by atomic mass is 19.1. The smallest absolute Gasteiger partial charge is 0.310 e. The Kier molecular flexibility index (Phi) is 6.81. The summed E-state index contributed by atoms with van der Waals surface area (Å²) in [4.78, 5) is 40.0. The first kappa shape index (κ1) is 21.5. The van der Waals surface area contributed by atoms with E-state index in [9.17, 15) is 18.8 Å². The third kappa shape index (κ3) is 4.84. The molecule has 0 spiro atoms. The third-order valence-electron chi connectivity index (χ3n) is 4.98. The number of hydrogen-bond donors (Lipinski definition) is 0. The minimum Gasteiger partial charge on any atom is -0.466 e. The molecule has 3 rings (SSSR count). The molecule has 8 nitrogen and oxygen atoms in total. The molecule has 2 aromatic rings. The molecule has 30 heavy (non-hydrogen) atoms. The van der Waals surface area contributed by atoms with E-state index in [1.54, 1.807) is 24.0 Å². The predicted molar refractivity (Wildman–Crippen MR) is 105 cm³/mol. The second-order valence-electron chi connectivity index (χ2n) is 7.15. The topological polar surface area (TPSA) is 93.0 Å². The Morgan fingerprint density at radius 2 is 2.10 bits per heavy atom. The van der Waals surface area contributed by atoms with Crippen LogP contribution in [0.1, 0.15) is 30.3 Å². The van der Waals surface area contributed by atoms with Crippen LogP contribution in [0.2, 0.25) is 0 Å². The highest BCUT2D eigenvalue weighted by Gasteiger charge is 2.30. The van der Waals surface area contributed by atoms with E-state index >= 15 is 0 Å². The fourth-order valence-electron chi connectivity index (χ4n) is 3.39. The fraction of sp³-hybridized carbons (Fsp3) is 0.429. The van der Waals surface area contributed by atoms with E-state index in [-0.39, 0.29) is 47.9 Å². The van der Waals surface area contributed by atoms with Gasteiger partial charge >= 0.3 is 5.97 Å². The number of benzene rings is 1. The van der Waals surface area contributed by atoms with E-state index in [1.165, 1.54) is 30.1 Å². The van der Waals surface area contributed by atoms with Crippen LogP contribution in [-0.2, 0) is 14.3 Å². The van der Waals surface area contributed by atoms with E-state index < -0.39 is 11.7 Å². The van der Waals surface area contributed by atoms with Crippen molar-refractivity contribution in [2.24, 2.45) is 5.92 Å². The van der Waals surface area contributed by atoms with Gasteiger partial charge in [0.2, 0.25) is 5.91 Å². The fourth-order valence-corrected chi connectivity index (χ4v) is 3.39. The van der Waals surface area contributed by atoms with Crippen LogP contribution >= 0.6 is 0 Å². The monoisotopic (exact) mass is 417 g/mol. The first-order valence-corrected chi connectivity index (χ1v) is 9.82. The number of carbonyl (C=O) groups is 3.